The SMILES string of the molecule is CCc1ccccc1NC(=O)[C@@H](C)Sc1ccc(OC)cc1. The van der Waals surface area contributed by atoms with E-state index in [0.717, 1.165) is 28.3 Å². The Morgan fingerprint density at radius 1 is 1.18 bits per heavy atom. The van der Waals surface area contributed by atoms with Gasteiger partial charge in [0.05, 0.1) is 12.4 Å². The van der Waals surface area contributed by atoms with Crippen molar-refractivity contribution in [3.05, 3.63) is 54.1 Å². The van der Waals surface area contributed by atoms with Crippen LogP contribution >= 0.6 is 11.8 Å². The van der Waals surface area contributed by atoms with Crippen molar-refractivity contribution in [1.82, 2.24) is 0 Å². The first kappa shape index (κ1) is 16.4. The molecule has 0 aliphatic carbocycles. The molecule has 4 heteroatoms. The van der Waals surface area contributed by atoms with Crippen LogP contribution in [0, 0.1) is 0 Å². The Morgan fingerprint density at radius 2 is 1.86 bits per heavy atom. The molecule has 0 bridgehead atoms. The molecule has 0 spiro atoms. The first-order chi connectivity index (χ1) is 10.6. The van der Waals surface area contributed by atoms with Gasteiger partial charge in [-0.3, -0.25) is 4.79 Å². The molecule has 3 nitrogen and oxygen atoms in total. The van der Waals surface area contributed by atoms with Gasteiger partial charge in [-0.25, -0.2) is 0 Å². The van der Waals surface area contributed by atoms with Crippen LogP contribution in [0.15, 0.2) is 53.4 Å². The van der Waals surface area contributed by atoms with Crippen molar-refractivity contribution in [2.75, 3.05) is 12.4 Å². The number of thioether (sulfide) groups is 1. The van der Waals surface area contributed by atoms with Gasteiger partial charge in [-0.15, -0.1) is 11.8 Å². The van der Waals surface area contributed by atoms with Crippen molar-refractivity contribution >= 4 is 23.4 Å². The van der Waals surface area contributed by atoms with E-state index in [1.807, 2.05) is 55.5 Å². The summed E-state index contributed by atoms with van der Waals surface area (Å²) in [5.41, 5.74) is 2.05. The van der Waals surface area contributed by atoms with Crippen LogP contribution in [0.1, 0.15) is 19.4 Å². The zero-order valence-corrected chi connectivity index (χ0v) is 13.9. The summed E-state index contributed by atoms with van der Waals surface area (Å²) in [5, 5.41) is 2.85. The largest absolute Gasteiger partial charge is 0.497 e. The highest BCUT2D eigenvalue weighted by atomic mass is 32.2. The number of anilines is 1. The van der Waals surface area contributed by atoms with Crippen LogP contribution in [-0.4, -0.2) is 18.3 Å². The molecular weight excluding hydrogens is 294 g/mol. The second-order valence-corrected chi connectivity index (χ2v) is 6.35. The molecule has 1 atom stereocenters. The van der Waals surface area contributed by atoms with Gasteiger partial charge in [0, 0.05) is 10.6 Å². The van der Waals surface area contributed by atoms with Crippen LogP contribution in [0.5, 0.6) is 5.75 Å². The van der Waals surface area contributed by atoms with E-state index in [-0.39, 0.29) is 11.2 Å². The van der Waals surface area contributed by atoms with Gasteiger partial charge < -0.3 is 10.1 Å². The van der Waals surface area contributed by atoms with Gasteiger partial charge in [0.25, 0.3) is 0 Å². The lowest BCUT2D eigenvalue weighted by atomic mass is 10.1. The van der Waals surface area contributed by atoms with Gasteiger partial charge in [0.15, 0.2) is 0 Å². The fourth-order valence-corrected chi connectivity index (χ4v) is 2.96. The molecule has 0 fully saturated rings. The topological polar surface area (TPSA) is 38.3 Å². The van der Waals surface area contributed by atoms with Gasteiger partial charge in [-0.1, -0.05) is 25.1 Å². The molecule has 0 aromatic heterocycles. The Kier molecular flexibility index (Phi) is 5.90. The van der Waals surface area contributed by atoms with Crippen molar-refractivity contribution in [2.45, 2.75) is 30.4 Å². The number of carbonyl (C=O) groups excluding carboxylic acids is 1. The van der Waals surface area contributed by atoms with Gasteiger partial charge in [-0.05, 0) is 49.2 Å². The van der Waals surface area contributed by atoms with Crippen LogP contribution in [0.3, 0.4) is 0 Å². The minimum absolute atomic E-state index is 0.0155. The second kappa shape index (κ2) is 7.90. The Balaban J connectivity index is 1.99. The zero-order chi connectivity index (χ0) is 15.9. The maximum absolute atomic E-state index is 12.4. The number of para-hydroxylation sites is 1. The fraction of sp³-hybridized carbons (Fsp3) is 0.278. The number of amides is 1. The van der Waals surface area contributed by atoms with Crippen molar-refractivity contribution in [3.63, 3.8) is 0 Å². The Hall–Kier alpha value is -1.94. The van der Waals surface area contributed by atoms with Crippen molar-refractivity contribution in [2.24, 2.45) is 0 Å². The maximum Gasteiger partial charge on any atom is 0.237 e. The van der Waals surface area contributed by atoms with Gasteiger partial charge in [-0.2, -0.15) is 0 Å². The van der Waals surface area contributed by atoms with Crippen molar-refractivity contribution in [1.29, 1.82) is 0 Å². The van der Waals surface area contributed by atoms with E-state index in [1.54, 1.807) is 7.11 Å². The molecular formula is C18H21NO2S. The number of benzene rings is 2. The molecule has 0 heterocycles. The summed E-state index contributed by atoms with van der Waals surface area (Å²) in [4.78, 5) is 13.4. The molecule has 0 aliphatic heterocycles. The third-order valence-electron chi connectivity index (χ3n) is 3.40. The summed E-state index contributed by atoms with van der Waals surface area (Å²) in [6.45, 7) is 4.00. The van der Waals surface area contributed by atoms with Crippen LogP contribution < -0.4 is 10.1 Å². The van der Waals surface area contributed by atoms with E-state index in [2.05, 4.69) is 12.2 Å². The van der Waals surface area contributed by atoms with Gasteiger partial charge in [0.2, 0.25) is 5.91 Å². The first-order valence-electron chi connectivity index (χ1n) is 7.33. The fourth-order valence-electron chi connectivity index (χ4n) is 2.10. The van der Waals surface area contributed by atoms with Gasteiger partial charge >= 0.3 is 0 Å². The first-order valence-corrected chi connectivity index (χ1v) is 8.21. The number of methoxy groups -OCH3 is 1. The Bertz CT molecular complexity index is 625. The Morgan fingerprint density at radius 3 is 2.50 bits per heavy atom. The van der Waals surface area contributed by atoms with E-state index in [4.69, 9.17) is 4.74 Å². The molecule has 1 amide bonds. The molecule has 116 valence electrons. The summed E-state index contributed by atoms with van der Waals surface area (Å²) in [7, 11) is 1.64. The average Bonchev–Trinajstić information content (AvgIpc) is 2.56. The van der Waals surface area contributed by atoms with Crippen molar-refractivity contribution in [3.8, 4) is 5.75 Å². The van der Waals surface area contributed by atoms with Crippen LogP contribution in [0.2, 0.25) is 0 Å². The molecule has 0 saturated heterocycles. The quantitative estimate of drug-likeness (QED) is 0.804. The molecule has 0 unspecified atom stereocenters. The molecule has 22 heavy (non-hydrogen) atoms. The van der Waals surface area contributed by atoms with Crippen molar-refractivity contribution < 1.29 is 9.53 Å². The predicted molar refractivity (Wildman–Crippen MR) is 92.8 cm³/mol. The number of ether oxygens (including phenoxy) is 1. The lowest BCUT2D eigenvalue weighted by molar-refractivity contribution is -0.115. The van der Waals surface area contributed by atoms with E-state index in [1.165, 1.54) is 11.8 Å². The Labute approximate surface area is 136 Å². The van der Waals surface area contributed by atoms with E-state index < -0.39 is 0 Å². The van der Waals surface area contributed by atoms with E-state index in [0.29, 0.717) is 0 Å². The summed E-state index contributed by atoms with van der Waals surface area (Å²) >= 11 is 1.54. The minimum atomic E-state index is -0.168. The number of rotatable bonds is 6. The standard InChI is InChI=1S/C18H21NO2S/c1-4-14-7-5-6-8-17(14)19-18(20)13(2)22-16-11-9-15(21-3)10-12-16/h5-13H,4H2,1-3H3,(H,19,20)/t13-/m1/s1. The lowest BCUT2D eigenvalue weighted by Crippen LogP contribution is -2.23. The molecule has 0 saturated carbocycles. The molecule has 2 aromatic rings. The third kappa shape index (κ3) is 4.28. The number of aryl methyl sites for hydroxylation is 1. The number of hydrogen-bond acceptors (Lipinski definition) is 3. The molecule has 2 rings (SSSR count). The summed E-state index contributed by atoms with van der Waals surface area (Å²) in [5.74, 6) is 0.833. The summed E-state index contributed by atoms with van der Waals surface area (Å²) in [6, 6.07) is 15.7. The minimum Gasteiger partial charge on any atom is -0.497 e. The molecule has 1 N–H and O–H groups in total. The van der Waals surface area contributed by atoms with Crippen LogP contribution in [0.4, 0.5) is 5.69 Å². The molecule has 2 aromatic carbocycles. The predicted octanol–water partition coefficient (Wildman–Crippen LogP) is 4.38. The van der Waals surface area contributed by atoms with E-state index >= 15 is 0 Å². The van der Waals surface area contributed by atoms with Crippen LogP contribution in [-0.2, 0) is 11.2 Å². The summed E-state index contributed by atoms with van der Waals surface area (Å²) in [6.07, 6.45) is 0.899. The van der Waals surface area contributed by atoms with Crippen LogP contribution in [0.25, 0.3) is 0 Å². The monoisotopic (exact) mass is 315 g/mol. The molecule has 0 radical (unpaired) electrons. The number of nitrogens with one attached hydrogen (secondary N) is 1. The number of carbonyl (C=O) groups is 1. The third-order valence-corrected chi connectivity index (χ3v) is 4.51. The van der Waals surface area contributed by atoms with Gasteiger partial charge in [0.1, 0.15) is 5.75 Å². The average molecular weight is 315 g/mol. The highest BCUT2D eigenvalue weighted by Crippen LogP contribution is 2.26. The second-order valence-electron chi connectivity index (χ2n) is 4.94. The lowest BCUT2D eigenvalue weighted by Gasteiger charge is -2.14. The highest BCUT2D eigenvalue weighted by Gasteiger charge is 2.15. The smallest absolute Gasteiger partial charge is 0.237 e. The molecule has 0 aliphatic rings. The normalized spacial score (nSPS) is 11.8. The number of hydrogen-bond donors (Lipinski definition) is 1. The summed E-state index contributed by atoms with van der Waals surface area (Å²) < 4.78 is 5.14. The maximum atomic E-state index is 12.4. The highest BCUT2D eigenvalue weighted by molar-refractivity contribution is 8.00. The zero-order valence-electron chi connectivity index (χ0n) is 13.1. The van der Waals surface area contributed by atoms with E-state index in [9.17, 15) is 4.79 Å².